The summed E-state index contributed by atoms with van der Waals surface area (Å²) in [6.07, 6.45) is 0. The second-order valence-corrected chi connectivity index (χ2v) is 5.48. The molecule has 0 aliphatic carbocycles. The van der Waals surface area contributed by atoms with E-state index in [1.807, 2.05) is 6.92 Å². The Bertz CT molecular complexity index is 558. The maximum Gasteiger partial charge on any atom is 0.288 e. The molecule has 1 aromatic carbocycles. The van der Waals surface area contributed by atoms with E-state index in [0.717, 1.165) is 13.1 Å². The van der Waals surface area contributed by atoms with Crippen molar-refractivity contribution in [1.82, 2.24) is 5.32 Å². The average molecular weight is 298 g/mol. The summed E-state index contributed by atoms with van der Waals surface area (Å²) in [5.74, 6) is 0.137. The number of rotatable bonds is 4. The van der Waals surface area contributed by atoms with Gasteiger partial charge in [-0.05, 0) is 37.6 Å². The van der Waals surface area contributed by atoms with Crippen LogP contribution < -0.4 is 10.6 Å². The topological polar surface area (TPSA) is 84.3 Å². The lowest BCUT2D eigenvalue weighted by atomic mass is 9.88. The number of nitrogens with one attached hydrogen (secondary N) is 2. The van der Waals surface area contributed by atoms with Gasteiger partial charge in [0, 0.05) is 17.7 Å². The monoisotopic (exact) mass is 297 g/mol. The summed E-state index contributed by atoms with van der Waals surface area (Å²) in [5.41, 5.74) is 0.983. The van der Waals surface area contributed by atoms with Crippen LogP contribution in [0.5, 0.6) is 0 Å². The number of nitro benzene ring substituents is 1. The van der Waals surface area contributed by atoms with E-state index >= 15 is 0 Å². The zero-order valence-electron chi connectivity index (χ0n) is 11.3. The molecule has 0 bridgehead atoms. The molecule has 0 spiro atoms. The van der Waals surface area contributed by atoms with Crippen molar-refractivity contribution < 1.29 is 9.72 Å². The summed E-state index contributed by atoms with van der Waals surface area (Å²) in [6.45, 7) is 5.26. The Hall–Kier alpha value is -1.66. The molecule has 1 aromatic rings. The molecule has 1 saturated heterocycles. The van der Waals surface area contributed by atoms with Gasteiger partial charge in [0.25, 0.3) is 5.69 Å². The highest BCUT2D eigenvalue weighted by Crippen LogP contribution is 2.31. The molecule has 7 heteroatoms. The lowest BCUT2D eigenvalue weighted by Gasteiger charge is -2.31. The molecule has 1 aliphatic rings. The number of carbonyl (C=O) groups is 1. The number of halogens is 1. The Morgan fingerprint density at radius 2 is 2.20 bits per heavy atom. The molecule has 1 amide bonds. The molecule has 0 saturated carbocycles. The third-order valence-electron chi connectivity index (χ3n) is 3.68. The van der Waals surface area contributed by atoms with Gasteiger partial charge in [-0.3, -0.25) is 14.9 Å². The highest BCUT2D eigenvalue weighted by molar-refractivity contribution is 6.33. The molecular weight excluding hydrogens is 282 g/mol. The minimum Gasteiger partial charge on any atom is -0.326 e. The van der Waals surface area contributed by atoms with Gasteiger partial charge in [0.1, 0.15) is 5.02 Å². The molecule has 0 aromatic heterocycles. The van der Waals surface area contributed by atoms with Gasteiger partial charge in [-0.2, -0.15) is 0 Å². The van der Waals surface area contributed by atoms with Crippen molar-refractivity contribution in [3.05, 3.63) is 32.8 Å². The van der Waals surface area contributed by atoms with Crippen molar-refractivity contribution in [2.24, 2.45) is 11.8 Å². The first-order valence-electron chi connectivity index (χ1n) is 6.36. The molecule has 2 N–H and O–H groups in total. The van der Waals surface area contributed by atoms with Crippen molar-refractivity contribution in [2.45, 2.75) is 13.8 Å². The maximum absolute atomic E-state index is 12.1. The van der Waals surface area contributed by atoms with Crippen molar-refractivity contribution in [3.8, 4) is 0 Å². The van der Waals surface area contributed by atoms with Gasteiger partial charge in [0.05, 0.1) is 4.92 Å². The zero-order chi connectivity index (χ0) is 14.9. The standard InChI is InChI=1S/C13H16ClN3O3/c1-7-3-12(17(19)20)10(14)4-11(7)16-13(18)8(2)9-5-15-6-9/h3-4,8-9,15H,5-6H2,1-2H3,(H,16,18). The predicted molar refractivity (Wildman–Crippen MR) is 77.0 cm³/mol. The van der Waals surface area contributed by atoms with Gasteiger partial charge in [0.15, 0.2) is 0 Å². The normalized spacial score (nSPS) is 16.4. The van der Waals surface area contributed by atoms with E-state index < -0.39 is 4.92 Å². The number of hydrogen-bond donors (Lipinski definition) is 2. The van der Waals surface area contributed by atoms with Gasteiger partial charge < -0.3 is 10.6 Å². The minimum atomic E-state index is -0.538. The predicted octanol–water partition coefficient (Wildman–Crippen LogP) is 2.35. The van der Waals surface area contributed by atoms with E-state index in [0.29, 0.717) is 17.2 Å². The van der Waals surface area contributed by atoms with E-state index in [9.17, 15) is 14.9 Å². The maximum atomic E-state index is 12.1. The first-order valence-corrected chi connectivity index (χ1v) is 6.74. The van der Waals surface area contributed by atoms with Crippen LogP contribution in [0.3, 0.4) is 0 Å². The number of carbonyl (C=O) groups excluding carboxylic acids is 1. The second-order valence-electron chi connectivity index (χ2n) is 5.07. The van der Waals surface area contributed by atoms with Crippen LogP contribution in [-0.2, 0) is 4.79 Å². The fraction of sp³-hybridized carbons (Fsp3) is 0.462. The van der Waals surface area contributed by atoms with Gasteiger partial charge >= 0.3 is 0 Å². The fourth-order valence-corrected chi connectivity index (χ4v) is 2.30. The summed E-state index contributed by atoms with van der Waals surface area (Å²) in [4.78, 5) is 22.4. The minimum absolute atomic E-state index is 0.0221. The number of aryl methyl sites for hydroxylation is 1. The molecule has 1 heterocycles. The van der Waals surface area contributed by atoms with E-state index in [1.54, 1.807) is 6.92 Å². The first kappa shape index (κ1) is 14.7. The summed E-state index contributed by atoms with van der Waals surface area (Å²) in [7, 11) is 0. The smallest absolute Gasteiger partial charge is 0.288 e. The van der Waals surface area contributed by atoms with E-state index in [2.05, 4.69) is 10.6 Å². The summed E-state index contributed by atoms with van der Waals surface area (Å²) < 4.78 is 0. The van der Waals surface area contributed by atoms with E-state index in [4.69, 9.17) is 11.6 Å². The average Bonchev–Trinajstić information content (AvgIpc) is 2.30. The molecule has 1 aliphatic heterocycles. The quantitative estimate of drug-likeness (QED) is 0.660. The van der Waals surface area contributed by atoms with E-state index in [-0.39, 0.29) is 22.5 Å². The van der Waals surface area contributed by atoms with Crippen LogP contribution in [0, 0.1) is 28.9 Å². The van der Waals surface area contributed by atoms with Crippen molar-refractivity contribution in [1.29, 1.82) is 0 Å². The van der Waals surface area contributed by atoms with Crippen LogP contribution >= 0.6 is 11.6 Å². The molecule has 20 heavy (non-hydrogen) atoms. The van der Waals surface area contributed by atoms with Crippen LogP contribution in [0.15, 0.2) is 12.1 Å². The molecule has 108 valence electrons. The third-order valence-corrected chi connectivity index (χ3v) is 3.98. The lowest BCUT2D eigenvalue weighted by Crippen LogP contribution is -2.48. The summed E-state index contributed by atoms with van der Waals surface area (Å²) >= 11 is 5.86. The Morgan fingerprint density at radius 1 is 1.55 bits per heavy atom. The molecular formula is C13H16ClN3O3. The Morgan fingerprint density at radius 3 is 2.70 bits per heavy atom. The van der Waals surface area contributed by atoms with Crippen molar-refractivity contribution >= 4 is 28.9 Å². The second kappa shape index (κ2) is 5.76. The van der Waals surface area contributed by atoms with Crippen LogP contribution in [0.4, 0.5) is 11.4 Å². The summed E-state index contributed by atoms with van der Waals surface area (Å²) in [6, 6.07) is 2.80. The van der Waals surface area contributed by atoms with Gasteiger partial charge in [-0.15, -0.1) is 0 Å². The number of hydrogen-bond acceptors (Lipinski definition) is 4. The van der Waals surface area contributed by atoms with Crippen molar-refractivity contribution in [3.63, 3.8) is 0 Å². The van der Waals surface area contributed by atoms with Crippen LogP contribution in [0.2, 0.25) is 5.02 Å². The molecule has 1 fully saturated rings. The molecule has 6 nitrogen and oxygen atoms in total. The highest BCUT2D eigenvalue weighted by Gasteiger charge is 2.29. The molecule has 1 unspecified atom stereocenters. The SMILES string of the molecule is Cc1cc([N+](=O)[O-])c(Cl)cc1NC(=O)C(C)C1CNC1. The zero-order valence-corrected chi connectivity index (χ0v) is 12.0. The molecule has 0 radical (unpaired) electrons. The number of nitrogens with zero attached hydrogens (tertiary/aromatic N) is 1. The lowest BCUT2D eigenvalue weighted by molar-refractivity contribution is -0.384. The fourth-order valence-electron chi connectivity index (χ4n) is 2.07. The van der Waals surface area contributed by atoms with Gasteiger partial charge in [-0.1, -0.05) is 18.5 Å². The van der Waals surface area contributed by atoms with Crippen molar-refractivity contribution in [2.75, 3.05) is 18.4 Å². The van der Waals surface area contributed by atoms with Crippen LogP contribution in [0.1, 0.15) is 12.5 Å². The highest BCUT2D eigenvalue weighted by atomic mass is 35.5. The number of benzene rings is 1. The number of nitro groups is 1. The van der Waals surface area contributed by atoms with Gasteiger partial charge in [0.2, 0.25) is 5.91 Å². The Kier molecular flexibility index (Phi) is 4.25. The molecule has 1 atom stereocenters. The Balaban J connectivity index is 2.15. The number of anilines is 1. The van der Waals surface area contributed by atoms with E-state index in [1.165, 1.54) is 12.1 Å². The van der Waals surface area contributed by atoms with Crippen LogP contribution in [-0.4, -0.2) is 23.9 Å². The van der Waals surface area contributed by atoms with Gasteiger partial charge in [-0.25, -0.2) is 0 Å². The summed E-state index contributed by atoms with van der Waals surface area (Å²) in [5, 5.41) is 16.7. The third kappa shape index (κ3) is 2.91. The first-order chi connectivity index (χ1) is 9.40. The van der Waals surface area contributed by atoms with Crippen LogP contribution in [0.25, 0.3) is 0 Å². The largest absolute Gasteiger partial charge is 0.326 e. The Labute approximate surface area is 121 Å². The molecule has 2 rings (SSSR count). The number of amides is 1.